The number of esters is 1. The van der Waals surface area contributed by atoms with Crippen molar-refractivity contribution in [2.45, 2.75) is 19.4 Å². The molecule has 1 aliphatic rings. The molecule has 0 bridgehead atoms. The minimum absolute atomic E-state index is 0.0545. The maximum absolute atomic E-state index is 12.7. The van der Waals surface area contributed by atoms with Gasteiger partial charge in [-0.15, -0.1) is 0 Å². The zero-order chi connectivity index (χ0) is 17.2. The first kappa shape index (κ1) is 16.0. The Labute approximate surface area is 140 Å². The molecule has 1 aromatic carbocycles. The van der Waals surface area contributed by atoms with Crippen LogP contribution >= 0.6 is 0 Å². The van der Waals surface area contributed by atoms with Gasteiger partial charge >= 0.3 is 5.97 Å². The molecule has 1 amide bonds. The van der Waals surface area contributed by atoms with Gasteiger partial charge in [-0.05, 0) is 38.1 Å². The number of aromatic nitrogens is 1. The van der Waals surface area contributed by atoms with Gasteiger partial charge in [-0.1, -0.05) is 12.1 Å². The van der Waals surface area contributed by atoms with Crippen molar-refractivity contribution in [3.05, 3.63) is 54.4 Å². The van der Waals surface area contributed by atoms with Gasteiger partial charge in [0.2, 0.25) is 0 Å². The molecule has 0 saturated heterocycles. The van der Waals surface area contributed by atoms with Crippen molar-refractivity contribution in [1.29, 1.82) is 0 Å². The highest BCUT2D eigenvalue weighted by Crippen LogP contribution is 2.34. The summed E-state index contributed by atoms with van der Waals surface area (Å²) in [7, 11) is 0. The van der Waals surface area contributed by atoms with Crippen molar-refractivity contribution in [3.8, 4) is 0 Å². The number of pyridine rings is 1. The molecule has 2 heterocycles. The van der Waals surface area contributed by atoms with Crippen LogP contribution < -0.4 is 10.2 Å². The smallest absolute Gasteiger partial charge is 0.338 e. The number of nitrogens with zero attached hydrogens (tertiary/aromatic N) is 2. The fourth-order valence-corrected chi connectivity index (χ4v) is 2.67. The monoisotopic (exact) mass is 325 g/mol. The minimum atomic E-state index is -0.705. The van der Waals surface area contributed by atoms with E-state index in [1.807, 2.05) is 38.1 Å². The summed E-state index contributed by atoms with van der Waals surface area (Å²) in [5.41, 5.74) is 1.42. The first-order valence-corrected chi connectivity index (χ1v) is 7.75. The van der Waals surface area contributed by atoms with Crippen LogP contribution in [-0.4, -0.2) is 35.6 Å². The van der Waals surface area contributed by atoms with Gasteiger partial charge in [0.1, 0.15) is 12.1 Å². The number of carbonyl (C=O) groups is 2. The van der Waals surface area contributed by atoms with E-state index in [0.717, 1.165) is 11.4 Å². The van der Waals surface area contributed by atoms with Crippen molar-refractivity contribution in [1.82, 2.24) is 4.98 Å². The predicted molar refractivity (Wildman–Crippen MR) is 91.0 cm³/mol. The molecule has 6 heteroatoms. The Bertz CT molecular complexity index is 759. The van der Waals surface area contributed by atoms with E-state index >= 15 is 0 Å². The fourth-order valence-electron chi connectivity index (χ4n) is 2.67. The van der Waals surface area contributed by atoms with E-state index in [0.29, 0.717) is 12.1 Å². The fraction of sp³-hybridized carbons (Fsp3) is 0.278. The van der Waals surface area contributed by atoms with Gasteiger partial charge < -0.3 is 15.0 Å². The maximum atomic E-state index is 12.7. The Morgan fingerprint density at radius 2 is 1.92 bits per heavy atom. The third-order valence-electron chi connectivity index (χ3n) is 3.89. The number of para-hydroxylation sites is 2. The number of benzene rings is 1. The minimum Gasteiger partial charge on any atom is -0.460 e. The average molecular weight is 325 g/mol. The molecule has 0 spiro atoms. The maximum Gasteiger partial charge on any atom is 0.338 e. The zero-order valence-corrected chi connectivity index (χ0v) is 13.7. The summed E-state index contributed by atoms with van der Waals surface area (Å²) in [5.74, 6) is -0.478. The number of amides is 1. The predicted octanol–water partition coefficient (Wildman–Crippen LogP) is 2.48. The summed E-state index contributed by atoms with van der Waals surface area (Å²) in [6.45, 7) is 4.09. The van der Waals surface area contributed by atoms with Crippen LogP contribution in [0.4, 0.5) is 11.4 Å². The van der Waals surface area contributed by atoms with E-state index in [1.54, 1.807) is 17.0 Å². The van der Waals surface area contributed by atoms with Crippen LogP contribution in [0.3, 0.4) is 0 Å². The topological polar surface area (TPSA) is 71.5 Å². The molecule has 1 aliphatic heterocycles. The van der Waals surface area contributed by atoms with Gasteiger partial charge in [0.15, 0.2) is 0 Å². The van der Waals surface area contributed by atoms with Crippen LogP contribution in [0.2, 0.25) is 0 Å². The molecule has 124 valence electrons. The normalized spacial score (nSPS) is 15.4. The molecular weight excluding hydrogens is 306 g/mol. The lowest BCUT2D eigenvalue weighted by molar-refractivity contribution is -0.122. The highest BCUT2D eigenvalue weighted by Gasteiger charge is 2.38. The summed E-state index contributed by atoms with van der Waals surface area (Å²) in [5, 5.41) is 3.24. The molecule has 6 nitrogen and oxygen atoms in total. The van der Waals surface area contributed by atoms with Gasteiger partial charge in [0.05, 0.1) is 23.5 Å². The molecule has 0 unspecified atom stereocenters. The quantitative estimate of drug-likeness (QED) is 0.875. The van der Waals surface area contributed by atoms with Crippen LogP contribution in [0.1, 0.15) is 24.2 Å². The number of carbonyl (C=O) groups excluding carboxylic acids is 2. The second-order valence-corrected chi connectivity index (χ2v) is 6.10. The number of ether oxygens (including phenoxy) is 1. The molecule has 1 aromatic heterocycles. The van der Waals surface area contributed by atoms with Crippen LogP contribution in [0, 0.1) is 0 Å². The number of fused-ring (bicyclic) bond motifs is 1. The average Bonchev–Trinajstić information content (AvgIpc) is 2.58. The Morgan fingerprint density at radius 1 is 1.21 bits per heavy atom. The van der Waals surface area contributed by atoms with Crippen LogP contribution in [-0.2, 0) is 9.53 Å². The Hall–Kier alpha value is -2.89. The molecule has 2 aromatic rings. The van der Waals surface area contributed by atoms with Gasteiger partial charge in [0.25, 0.3) is 5.91 Å². The molecule has 3 rings (SSSR count). The molecule has 0 radical (unpaired) electrons. The van der Waals surface area contributed by atoms with E-state index in [4.69, 9.17) is 4.74 Å². The van der Waals surface area contributed by atoms with Gasteiger partial charge in [-0.2, -0.15) is 0 Å². The third kappa shape index (κ3) is 3.08. The van der Waals surface area contributed by atoms with E-state index in [1.165, 1.54) is 12.4 Å². The Balaban J connectivity index is 1.70. The summed E-state index contributed by atoms with van der Waals surface area (Å²) < 4.78 is 5.28. The Kier molecular flexibility index (Phi) is 4.20. The lowest BCUT2D eigenvalue weighted by Gasteiger charge is -2.39. The van der Waals surface area contributed by atoms with E-state index in [9.17, 15) is 9.59 Å². The summed E-state index contributed by atoms with van der Waals surface area (Å²) in [4.78, 5) is 30.2. The van der Waals surface area contributed by atoms with E-state index in [2.05, 4.69) is 10.3 Å². The lowest BCUT2D eigenvalue weighted by atomic mass is 9.98. The van der Waals surface area contributed by atoms with Crippen LogP contribution in [0.15, 0.2) is 48.8 Å². The summed E-state index contributed by atoms with van der Waals surface area (Å²) in [6, 6.07) is 10.8. The summed E-state index contributed by atoms with van der Waals surface area (Å²) >= 11 is 0. The number of nitrogens with one attached hydrogen (secondary N) is 1. The number of hydrogen-bond acceptors (Lipinski definition) is 5. The zero-order valence-electron chi connectivity index (χ0n) is 13.7. The second kappa shape index (κ2) is 6.31. The first-order valence-electron chi connectivity index (χ1n) is 7.75. The Morgan fingerprint density at radius 3 is 2.67 bits per heavy atom. The number of anilines is 2. The molecular formula is C18H19N3O3. The number of rotatable bonds is 4. The highest BCUT2D eigenvalue weighted by atomic mass is 16.5. The highest BCUT2D eigenvalue weighted by molar-refractivity contribution is 6.07. The standard InChI is InChI=1S/C18H19N3O3/c1-18(2)17(23)21(15-6-4-3-5-14(15)20-18)11-12-24-16(22)13-7-9-19-10-8-13/h3-10,20H,11-12H2,1-2H3. The van der Waals surface area contributed by atoms with Gasteiger partial charge in [-0.3, -0.25) is 9.78 Å². The molecule has 0 aliphatic carbocycles. The van der Waals surface area contributed by atoms with Crippen LogP contribution in [0.25, 0.3) is 0 Å². The van der Waals surface area contributed by atoms with Gasteiger partial charge in [-0.25, -0.2) is 4.79 Å². The van der Waals surface area contributed by atoms with Crippen molar-refractivity contribution in [2.24, 2.45) is 0 Å². The first-order chi connectivity index (χ1) is 11.5. The largest absolute Gasteiger partial charge is 0.460 e. The molecule has 1 N–H and O–H groups in total. The van der Waals surface area contributed by atoms with Crippen molar-refractivity contribution < 1.29 is 14.3 Å². The second-order valence-electron chi connectivity index (χ2n) is 6.10. The molecule has 0 saturated carbocycles. The van der Waals surface area contributed by atoms with Crippen LogP contribution in [0.5, 0.6) is 0 Å². The third-order valence-corrected chi connectivity index (χ3v) is 3.89. The lowest BCUT2D eigenvalue weighted by Crippen LogP contribution is -2.54. The van der Waals surface area contributed by atoms with E-state index in [-0.39, 0.29) is 12.5 Å². The molecule has 0 atom stereocenters. The summed E-state index contributed by atoms with van der Waals surface area (Å²) in [6.07, 6.45) is 3.07. The SMILES string of the molecule is CC1(C)Nc2ccccc2N(CCOC(=O)c2ccncc2)C1=O. The van der Waals surface area contributed by atoms with Crippen molar-refractivity contribution in [2.75, 3.05) is 23.4 Å². The van der Waals surface area contributed by atoms with Crippen molar-refractivity contribution >= 4 is 23.3 Å². The number of hydrogen-bond donors (Lipinski definition) is 1. The molecule has 24 heavy (non-hydrogen) atoms. The van der Waals surface area contributed by atoms with Gasteiger partial charge in [0, 0.05) is 12.4 Å². The van der Waals surface area contributed by atoms with E-state index < -0.39 is 11.5 Å². The van der Waals surface area contributed by atoms with Crippen molar-refractivity contribution in [3.63, 3.8) is 0 Å². The molecule has 0 fully saturated rings.